The maximum Gasteiger partial charge on any atom is 0.310 e. The molecule has 0 heterocycles. The maximum absolute atomic E-state index is 11.6. The van der Waals surface area contributed by atoms with Gasteiger partial charge in [-0.25, -0.2) is 0 Å². The number of allylic oxidation sites excluding steroid dienone is 2. The first-order valence-corrected chi connectivity index (χ1v) is 7.30. The second-order valence-electron chi connectivity index (χ2n) is 4.75. The van der Waals surface area contributed by atoms with Crippen LogP contribution in [0.15, 0.2) is 11.8 Å². The van der Waals surface area contributed by atoms with Crippen LogP contribution in [0.1, 0.15) is 64.7 Å². The lowest BCUT2D eigenvalue weighted by Crippen LogP contribution is -2.04. The van der Waals surface area contributed by atoms with Gasteiger partial charge >= 0.3 is 5.97 Å². The predicted molar refractivity (Wildman–Crippen MR) is 72.2 cm³/mol. The molecular formula is C15H26O3. The third-order valence-electron chi connectivity index (χ3n) is 3.12. The number of unbranched alkanes of at least 4 members (excludes halogenated alkanes) is 2. The van der Waals surface area contributed by atoms with E-state index in [0.29, 0.717) is 6.42 Å². The lowest BCUT2D eigenvalue weighted by atomic mass is 10.2. The van der Waals surface area contributed by atoms with Crippen LogP contribution in [0.4, 0.5) is 0 Å². The Labute approximate surface area is 111 Å². The van der Waals surface area contributed by atoms with E-state index in [2.05, 4.69) is 6.08 Å². The molecule has 3 heteroatoms. The first kappa shape index (κ1) is 15.2. The monoisotopic (exact) mass is 254 g/mol. The topological polar surface area (TPSA) is 35.5 Å². The molecule has 0 aliphatic heterocycles. The minimum atomic E-state index is -0.0699. The van der Waals surface area contributed by atoms with Gasteiger partial charge < -0.3 is 9.47 Å². The van der Waals surface area contributed by atoms with Crippen molar-refractivity contribution in [1.82, 2.24) is 0 Å². The molecule has 0 aromatic carbocycles. The Hall–Kier alpha value is -0.830. The summed E-state index contributed by atoms with van der Waals surface area (Å²) >= 11 is 0. The molecule has 0 saturated carbocycles. The van der Waals surface area contributed by atoms with Gasteiger partial charge in [0.1, 0.15) is 5.76 Å². The normalized spacial score (nSPS) is 15.9. The lowest BCUT2D eigenvalue weighted by Gasteiger charge is -2.07. The van der Waals surface area contributed by atoms with Gasteiger partial charge in [-0.05, 0) is 45.1 Å². The average Bonchev–Trinajstić information content (AvgIpc) is 2.62. The van der Waals surface area contributed by atoms with Gasteiger partial charge in [-0.15, -0.1) is 0 Å². The Kier molecular flexibility index (Phi) is 8.57. The minimum Gasteiger partial charge on any atom is -0.431 e. The van der Waals surface area contributed by atoms with Gasteiger partial charge in [0.15, 0.2) is 0 Å². The standard InChI is InChI=1S/C15H26O3/c1-2-17-13-9-5-8-12-15(16)18-14-10-6-3-4-7-11-14/h10H,2-9,11-13H2,1H3. The van der Waals surface area contributed by atoms with Crippen molar-refractivity contribution >= 4 is 5.97 Å². The van der Waals surface area contributed by atoms with Gasteiger partial charge in [0.05, 0.1) is 0 Å². The minimum absolute atomic E-state index is 0.0699. The Morgan fingerprint density at radius 3 is 2.94 bits per heavy atom. The van der Waals surface area contributed by atoms with E-state index in [4.69, 9.17) is 9.47 Å². The van der Waals surface area contributed by atoms with E-state index in [9.17, 15) is 4.79 Å². The Morgan fingerprint density at radius 2 is 2.11 bits per heavy atom. The SMILES string of the molecule is CCOCCCCCC(=O)OC1=CCCCCC1. The van der Waals surface area contributed by atoms with E-state index in [0.717, 1.165) is 57.5 Å². The molecule has 1 aliphatic carbocycles. The summed E-state index contributed by atoms with van der Waals surface area (Å²) in [5.74, 6) is 0.825. The summed E-state index contributed by atoms with van der Waals surface area (Å²) < 4.78 is 10.6. The molecule has 0 aromatic rings. The number of hydrogen-bond donors (Lipinski definition) is 0. The Morgan fingerprint density at radius 1 is 1.22 bits per heavy atom. The predicted octanol–water partition coefficient (Wildman–Crippen LogP) is 3.97. The van der Waals surface area contributed by atoms with Crippen molar-refractivity contribution in [2.45, 2.75) is 64.7 Å². The summed E-state index contributed by atoms with van der Waals surface area (Å²) in [5, 5.41) is 0. The van der Waals surface area contributed by atoms with Crippen molar-refractivity contribution in [3.8, 4) is 0 Å². The summed E-state index contributed by atoms with van der Waals surface area (Å²) in [6.07, 6.45) is 11.2. The zero-order valence-electron chi connectivity index (χ0n) is 11.6. The molecule has 3 nitrogen and oxygen atoms in total. The molecule has 0 radical (unpaired) electrons. The van der Waals surface area contributed by atoms with Crippen LogP contribution >= 0.6 is 0 Å². The van der Waals surface area contributed by atoms with Crippen molar-refractivity contribution in [3.05, 3.63) is 11.8 Å². The van der Waals surface area contributed by atoms with Crippen LogP contribution < -0.4 is 0 Å². The largest absolute Gasteiger partial charge is 0.431 e. The van der Waals surface area contributed by atoms with Crippen LogP contribution in [0.3, 0.4) is 0 Å². The van der Waals surface area contributed by atoms with Crippen LogP contribution in [0.5, 0.6) is 0 Å². The molecule has 0 fully saturated rings. The van der Waals surface area contributed by atoms with E-state index in [1.807, 2.05) is 6.92 Å². The first-order chi connectivity index (χ1) is 8.83. The molecule has 0 N–H and O–H groups in total. The van der Waals surface area contributed by atoms with Crippen LogP contribution in [0.2, 0.25) is 0 Å². The van der Waals surface area contributed by atoms with Crippen LogP contribution in [0, 0.1) is 0 Å². The van der Waals surface area contributed by atoms with E-state index in [1.165, 1.54) is 12.8 Å². The summed E-state index contributed by atoms with van der Waals surface area (Å²) in [4.78, 5) is 11.6. The number of esters is 1. The highest BCUT2D eigenvalue weighted by atomic mass is 16.5. The third-order valence-corrected chi connectivity index (χ3v) is 3.12. The van der Waals surface area contributed by atoms with Crippen molar-refractivity contribution in [2.75, 3.05) is 13.2 Å². The summed E-state index contributed by atoms with van der Waals surface area (Å²) in [7, 11) is 0. The van der Waals surface area contributed by atoms with Crippen LogP contribution in [-0.2, 0) is 14.3 Å². The highest BCUT2D eigenvalue weighted by Gasteiger charge is 2.09. The first-order valence-electron chi connectivity index (χ1n) is 7.30. The quantitative estimate of drug-likeness (QED) is 0.485. The number of carbonyl (C=O) groups excluding carboxylic acids is 1. The highest BCUT2D eigenvalue weighted by Crippen LogP contribution is 2.18. The van der Waals surface area contributed by atoms with Gasteiger partial charge in [0, 0.05) is 26.1 Å². The van der Waals surface area contributed by atoms with Gasteiger partial charge in [-0.1, -0.05) is 12.8 Å². The van der Waals surface area contributed by atoms with Gasteiger partial charge in [0.25, 0.3) is 0 Å². The Balaban J connectivity index is 2.04. The van der Waals surface area contributed by atoms with Gasteiger partial charge in [-0.2, -0.15) is 0 Å². The number of hydrogen-bond acceptors (Lipinski definition) is 3. The van der Waals surface area contributed by atoms with Crippen molar-refractivity contribution in [3.63, 3.8) is 0 Å². The summed E-state index contributed by atoms with van der Waals surface area (Å²) in [5.41, 5.74) is 0. The fraction of sp³-hybridized carbons (Fsp3) is 0.800. The zero-order chi connectivity index (χ0) is 13.1. The molecule has 0 aromatic heterocycles. The molecule has 0 atom stereocenters. The smallest absolute Gasteiger partial charge is 0.310 e. The number of rotatable bonds is 8. The average molecular weight is 254 g/mol. The van der Waals surface area contributed by atoms with Gasteiger partial charge in [0.2, 0.25) is 0 Å². The van der Waals surface area contributed by atoms with E-state index in [1.54, 1.807) is 0 Å². The maximum atomic E-state index is 11.6. The molecule has 104 valence electrons. The van der Waals surface area contributed by atoms with Crippen LogP contribution in [-0.4, -0.2) is 19.2 Å². The molecule has 0 bridgehead atoms. The molecule has 1 rings (SSSR count). The summed E-state index contributed by atoms with van der Waals surface area (Å²) in [6, 6.07) is 0. The molecule has 0 amide bonds. The molecular weight excluding hydrogens is 228 g/mol. The molecule has 18 heavy (non-hydrogen) atoms. The third kappa shape index (κ3) is 7.49. The molecule has 0 saturated heterocycles. The molecule has 0 spiro atoms. The second-order valence-corrected chi connectivity index (χ2v) is 4.75. The van der Waals surface area contributed by atoms with Crippen molar-refractivity contribution < 1.29 is 14.3 Å². The fourth-order valence-corrected chi connectivity index (χ4v) is 2.07. The fourth-order valence-electron chi connectivity index (χ4n) is 2.07. The van der Waals surface area contributed by atoms with E-state index < -0.39 is 0 Å². The lowest BCUT2D eigenvalue weighted by molar-refractivity contribution is -0.139. The Bertz CT molecular complexity index is 258. The van der Waals surface area contributed by atoms with E-state index in [-0.39, 0.29) is 5.97 Å². The van der Waals surface area contributed by atoms with Crippen molar-refractivity contribution in [2.24, 2.45) is 0 Å². The number of carbonyl (C=O) groups is 1. The van der Waals surface area contributed by atoms with Crippen LogP contribution in [0.25, 0.3) is 0 Å². The number of ether oxygens (including phenoxy) is 2. The molecule has 1 aliphatic rings. The second kappa shape index (κ2) is 10.1. The highest BCUT2D eigenvalue weighted by molar-refractivity contribution is 5.70. The zero-order valence-corrected chi connectivity index (χ0v) is 11.6. The van der Waals surface area contributed by atoms with E-state index >= 15 is 0 Å². The summed E-state index contributed by atoms with van der Waals surface area (Å²) in [6.45, 7) is 3.57. The van der Waals surface area contributed by atoms with Gasteiger partial charge in [-0.3, -0.25) is 4.79 Å². The molecule has 0 unspecified atom stereocenters. The van der Waals surface area contributed by atoms with Crippen molar-refractivity contribution in [1.29, 1.82) is 0 Å².